The summed E-state index contributed by atoms with van der Waals surface area (Å²) in [7, 11) is 0. The van der Waals surface area contributed by atoms with Gasteiger partial charge in [0.2, 0.25) is 0 Å². The summed E-state index contributed by atoms with van der Waals surface area (Å²) in [6.45, 7) is 5.85. The summed E-state index contributed by atoms with van der Waals surface area (Å²) >= 11 is 0. The Kier molecular flexibility index (Phi) is 5.74. The van der Waals surface area contributed by atoms with E-state index in [4.69, 9.17) is 4.52 Å². The van der Waals surface area contributed by atoms with Crippen LogP contribution in [0.25, 0.3) is 0 Å². The standard InChI is InChI=1S/C20H27N3O3/c1-15-18(16(2)26-22-15)13-21-14-20(25)10-6-11-23(19(20)24)12-9-17-7-4-3-5-8-17/h3-5,7-8,21,25H,6,9-14H2,1-2H3/t20-/m0/s1. The number of likely N-dealkylation sites (tertiary alicyclic amines) is 1. The second-order valence-electron chi connectivity index (χ2n) is 7.07. The zero-order chi connectivity index (χ0) is 18.6. The van der Waals surface area contributed by atoms with Crippen LogP contribution in [0.15, 0.2) is 34.9 Å². The average Bonchev–Trinajstić information content (AvgIpc) is 2.96. The summed E-state index contributed by atoms with van der Waals surface area (Å²) in [6, 6.07) is 10.1. The number of piperidine rings is 1. The van der Waals surface area contributed by atoms with Gasteiger partial charge in [-0.15, -0.1) is 0 Å². The normalized spacial score (nSPS) is 20.6. The van der Waals surface area contributed by atoms with Gasteiger partial charge in [0.15, 0.2) is 5.60 Å². The molecule has 0 spiro atoms. The number of aliphatic hydroxyl groups is 1. The molecule has 1 aromatic heterocycles. The molecule has 0 unspecified atom stereocenters. The van der Waals surface area contributed by atoms with E-state index in [1.807, 2.05) is 32.0 Å². The molecule has 140 valence electrons. The first-order valence-electron chi connectivity index (χ1n) is 9.18. The monoisotopic (exact) mass is 357 g/mol. The van der Waals surface area contributed by atoms with E-state index in [0.29, 0.717) is 26.1 Å². The van der Waals surface area contributed by atoms with Crippen molar-refractivity contribution in [1.82, 2.24) is 15.4 Å². The SMILES string of the molecule is Cc1noc(C)c1CNC[C@@]1(O)CCCN(CCc2ccccc2)C1=O. The number of nitrogens with one attached hydrogen (secondary N) is 1. The van der Waals surface area contributed by atoms with Gasteiger partial charge in [-0.25, -0.2) is 0 Å². The molecule has 6 nitrogen and oxygen atoms in total. The van der Waals surface area contributed by atoms with Crippen molar-refractivity contribution in [3.05, 3.63) is 52.9 Å². The zero-order valence-electron chi connectivity index (χ0n) is 15.5. The highest BCUT2D eigenvalue weighted by atomic mass is 16.5. The third kappa shape index (κ3) is 4.14. The van der Waals surface area contributed by atoms with Crippen LogP contribution in [0, 0.1) is 13.8 Å². The Balaban J connectivity index is 1.55. The molecule has 1 amide bonds. The molecule has 2 N–H and O–H groups in total. The number of rotatable bonds is 7. The summed E-state index contributed by atoms with van der Waals surface area (Å²) in [5.74, 6) is 0.590. The van der Waals surface area contributed by atoms with Crippen molar-refractivity contribution in [2.45, 2.75) is 45.3 Å². The van der Waals surface area contributed by atoms with E-state index in [1.54, 1.807) is 4.90 Å². The molecule has 1 saturated heterocycles. The van der Waals surface area contributed by atoms with Crippen molar-refractivity contribution in [2.75, 3.05) is 19.6 Å². The lowest BCUT2D eigenvalue weighted by molar-refractivity contribution is -0.156. The molecular weight excluding hydrogens is 330 g/mol. The van der Waals surface area contributed by atoms with Crippen LogP contribution in [0.3, 0.4) is 0 Å². The predicted octanol–water partition coefficient (Wildman–Crippen LogP) is 1.98. The smallest absolute Gasteiger partial charge is 0.255 e. The number of nitrogens with zero attached hydrogens (tertiary/aromatic N) is 2. The molecule has 3 rings (SSSR count). The largest absolute Gasteiger partial charge is 0.379 e. The number of carbonyl (C=O) groups is 1. The Morgan fingerprint density at radius 3 is 2.77 bits per heavy atom. The Morgan fingerprint density at radius 1 is 1.31 bits per heavy atom. The van der Waals surface area contributed by atoms with E-state index in [9.17, 15) is 9.90 Å². The second kappa shape index (κ2) is 8.01. The van der Waals surface area contributed by atoms with Gasteiger partial charge in [-0.3, -0.25) is 4.79 Å². The summed E-state index contributed by atoms with van der Waals surface area (Å²) in [6.07, 6.45) is 2.10. The van der Waals surface area contributed by atoms with Crippen LogP contribution < -0.4 is 5.32 Å². The minimum Gasteiger partial charge on any atom is -0.379 e. The summed E-state index contributed by atoms with van der Waals surface area (Å²) in [4.78, 5) is 14.6. The van der Waals surface area contributed by atoms with Gasteiger partial charge >= 0.3 is 0 Å². The van der Waals surface area contributed by atoms with Gasteiger partial charge in [0.25, 0.3) is 5.91 Å². The first kappa shape index (κ1) is 18.6. The molecule has 26 heavy (non-hydrogen) atoms. The fourth-order valence-electron chi connectivity index (χ4n) is 3.50. The van der Waals surface area contributed by atoms with E-state index in [2.05, 4.69) is 22.6 Å². The van der Waals surface area contributed by atoms with E-state index >= 15 is 0 Å². The average molecular weight is 357 g/mol. The van der Waals surface area contributed by atoms with E-state index in [0.717, 1.165) is 29.9 Å². The van der Waals surface area contributed by atoms with Gasteiger partial charge in [0, 0.05) is 31.7 Å². The van der Waals surface area contributed by atoms with Crippen molar-refractivity contribution in [2.24, 2.45) is 0 Å². The van der Waals surface area contributed by atoms with Crippen LogP contribution in [-0.4, -0.2) is 46.3 Å². The van der Waals surface area contributed by atoms with Crippen LogP contribution in [0.2, 0.25) is 0 Å². The Hall–Kier alpha value is -2.18. The van der Waals surface area contributed by atoms with Gasteiger partial charge in [-0.05, 0) is 38.7 Å². The summed E-state index contributed by atoms with van der Waals surface area (Å²) in [5.41, 5.74) is 1.68. The Morgan fingerprint density at radius 2 is 2.08 bits per heavy atom. The highest BCUT2D eigenvalue weighted by molar-refractivity contribution is 5.86. The van der Waals surface area contributed by atoms with Gasteiger partial charge in [0.1, 0.15) is 5.76 Å². The Bertz CT molecular complexity index is 725. The van der Waals surface area contributed by atoms with Gasteiger partial charge < -0.3 is 19.8 Å². The van der Waals surface area contributed by atoms with Crippen molar-refractivity contribution in [1.29, 1.82) is 0 Å². The third-order valence-electron chi connectivity index (χ3n) is 5.12. The number of benzene rings is 1. The maximum absolute atomic E-state index is 12.8. The minimum atomic E-state index is -1.34. The molecule has 0 bridgehead atoms. The molecule has 1 aliphatic heterocycles. The van der Waals surface area contributed by atoms with Crippen LogP contribution in [0.4, 0.5) is 0 Å². The van der Waals surface area contributed by atoms with Gasteiger partial charge in [-0.1, -0.05) is 35.5 Å². The molecule has 1 aromatic carbocycles. The maximum Gasteiger partial charge on any atom is 0.255 e. The fraction of sp³-hybridized carbons (Fsp3) is 0.500. The van der Waals surface area contributed by atoms with Crippen molar-refractivity contribution in [3.63, 3.8) is 0 Å². The number of aromatic nitrogens is 1. The molecule has 0 saturated carbocycles. The molecule has 6 heteroatoms. The highest BCUT2D eigenvalue weighted by Gasteiger charge is 2.41. The first-order chi connectivity index (χ1) is 12.5. The molecule has 0 aliphatic carbocycles. The Labute approximate surface area is 154 Å². The van der Waals surface area contributed by atoms with Crippen molar-refractivity contribution in [3.8, 4) is 0 Å². The van der Waals surface area contributed by atoms with Gasteiger partial charge in [0.05, 0.1) is 5.69 Å². The number of carbonyl (C=O) groups excluding carboxylic acids is 1. The quantitative estimate of drug-likeness (QED) is 0.792. The van der Waals surface area contributed by atoms with Crippen LogP contribution in [0.1, 0.15) is 35.4 Å². The molecule has 1 aliphatic rings. The lowest BCUT2D eigenvalue weighted by Crippen LogP contribution is -2.58. The molecule has 0 radical (unpaired) electrons. The number of hydrogen-bond donors (Lipinski definition) is 2. The third-order valence-corrected chi connectivity index (χ3v) is 5.12. The predicted molar refractivity (Wildman–Crippen MR) is 98.6 cm³/mol. The van der Waals surface area contributed by atoms with Crippen LogP contribution in [-0.2, 0) is 17.8 Å². The molecule has 1 fully saturated rings. The molecular formula is C20H27N3O3. The van der Waals surface area contributed by atoms with Gasteiger partial charge in [-0.2, -0.15) is 0 Å². The number of hydrogen-bond acceptors (Lipinski definition) is 5. The highest BCUT2D eigenvalue weighted by Crippen LogP contribution is 2.23. The van der Waals surface area contributed by atoms with E-state index in [-0.39, 0.29) is 12.5 Å². The molecule has 1 atom stereocenters. The zero-order valence-corrected chi connectivity index (χ0v) is 15.5. The van der Waals surface area contributed by atoms with Crippen molar-refractivity contribution >= 4 is 5.91 Å². The first-order valence-corrected chi connectivity index (χ1v) is 9.18. The minimum absolute atomic E-state index is 0.175. The van der Waals surface area contributed by atoms with E-state index in [1.165, 1.54) is 5.56 Å². The van der Waals surface area contributed by atoms with Crippen LogP contribution in [0.5, 0.6) is 0 Å². The lowest BCUT2D eigenvalue weighted by Gasteiger charge is -2.38. The van der Waals surface area contributed by atoms with Crippen LogP contribution >= 0.6 is 0 Å². The molecule has 2 heterocycles. The number of aryl methyl sites for hydroxylation is 2. The van der Waals surface area contributed by atoms with Crippen molar-refractivity contribution < 1.29 is 14.4 Å². The second-order valence-corrected chi connectivity index (χ2v) is 7.07. The number of amides is 1. The molecule has 2 aromatic rings. The fourth-order valence-corrected chi connectivity index (χ4v) is 3.50. The van der Waals surface area contributed by atoms with E-state index < -0.39 is 5.60 Å². The lowest BCUT2D eigenvalue weighted by atomic mass is 9.91. The maximum atomic E-state index is 12.8. The summed E-state index contributed by atoms with van der Waals surface area (Å²) < 4.78 is 5.15. The summed E-state index contributed by atoms with van der Waals surface area (Å²) in [5, 5.41) is 18.0. The topological polar surface area (TPSA) is 78.6 Å².